The van der Waals surface area contributed by atoms with Crippen LogP contribution in [0.4, 0.5) is 0 Å². The maximum Gasteiger partial charge on any atom is 0.356 e. The third-order valence-electron chi connectivity index (χ3n) is 3.21. The fraction of sp³-hybridized carbons (Fsp3) is 0.125. The van der Waals surface area contributed by atoms with Crippen molar-refractivity contribution in [1.82, 2.24) is 19.7 Å². The van der Waals surface area contributed by atoms with Gasteiger partial charge in [-0.3, -0.25) is 9.89 Å². The summed E-state index contributed by atoms with van der Waals surface area (Å²) in [4.78, 5) is 32.2. The average Bonchev–Trinajstić information content (AvgIpc) is 2.97. The van der Waals surface area contributed by atoms with Gasteiger partial charge in [0.1, 0.15) is 5.69 Å². The Morgan fingerprint density at radius 2 is 2.13 bits per heavy atom. The number of carbonyl (C=O) groups is 1. The molecule has 0 aliphatic rings. The number of pyridine rings is 2. The highest BCUT2D eigenvalue weighted by Crippen LogP contribution is 2.15. The maximum atomic E-state index is 12.5. The summed E-state index contributed by atoms with van der Waals surface area (Å²) in [5.41, 5.74) is 1.01. The number of esters is 1. The monoisotopic (exact) mass is 310 g/mol. The first-order valence-electron chi connectivity index (χ1n) is 7.06. The number of aromatic nitrogens is 4. The molecule has 23 heavy (non-hydrogen) atoms. The van der Waals surface area contributed by atoms with Gasteiger partial charge in [-0.2, -0.15) is 0 Å². The van der Waals surface area contributed by atoms with Crippen molar-refractivity contribution in [3.05, 3.63) is 65.0 Å². The highest BCUT2D eigenvalue weighted by molar-refractivity contribution is 5.87. The van der Waals surface area contributed by atoms with Crippen LogP contribution >= 0.6 is 0 Å². The third kappa shape index (κ3) is 2.89. The number of rotatable bonds is 4. The second-order valence-corrected chi connectivity index (χ2v) is 4.67. The van der Waals surface area contributed by atoms with Gasteiger partial charge in [-0.15, -0.1) is 0 Å². The van der Waals surface area contributed by atoms with Gasteiger partial charge in [0, 0.05) is 24.2 Å². The van der Waals surface area contributed by atoms with Crippen LogP contribution in [-0.2, 0) is 4.74 Å². The Morgan fingerprint density at radius 1 is 1.26 bits per heavy atom. The van der Waals surface area contributed by atoms with Gasteiger partial charge < -0.3 is 4.74 Å². The summed E-state index contributed by atoms with van der Waals surface area (Å²) in [6.45, 7) is 2.01. The molecule has 0 saturated carbocycles. The summed E-state index contributed by atoms with van der Waals surface area (Å²) < 4.78 is 6.22. The fourth-order valence-electron chi connectivity index (χ4n) is 2.11. The van der Waals surface area contributed by atoms with E-state index in [0.29, 0.717) is 16.9 Å². The number of hydrogen-bond donors (Lipinski definition) is 1. The summed E-state index contributed by atoms with van der Waals surface area (Å²) >= 11 is 0. The minimum absolute atomic E-state index is 0.205. The Bertz CT molecular complexity index is 866. The van der Waals surface area contributed by atoms with Gasteiger partial charge in [-0.25, -0.2) is 19.4 Å². The van der Waals surface area contributed by atoms with Crippen molar-refractivity contribution in [3.63, 3.8) is 0 Å². The van der Waals surface area contributed by atoms with Crippen LogP contribution in [0.2, 0.25) is 0 Å². The highest BCUT2D eigenvalue weighted by Gasteiger charge is 2.13. The van der Waals surface area contributed by atoms with Gasteiger partial charge in [0.2, 0.25) is 0 Å². The van der Waals surface area contributed by atoms with Crippen LogP contribution in [0.3, 0.4) is 0 Å². The fourth-order valence-corrected chi connectivity index (χ4v) is 2.11. The summed E-state index contributed by atoms with van der Waals surface area (Å²) in [5.74, 6) is 0.0128. The molecule has 0 spiro atoms. The predicted octanol–water partition coefficient (Wildman–Crippen LogP) is 1.80. The molecule has 0 radical (unpaired) electrons. The lowest BCUT2D eigenvalue weighted by Crippen LogP contribution is -2.16. The molecule has 0 unspecified atom stereocenters. The number of aromatic amines is 1. The lowest BCUT2D eigenvalue weighted by atomic mass is 10.1. The number of nitrogens with zero attached hydrogens (tertiary/aromatic N) is 3. The van der Waals surface area contributed by atoms with Crippen molar-refractivity contribution in [1.29, 1.82) is 0 Å². The minimum Gasteiger partial charge on any atom is -0.461 e. The molecule has 7 nitrogen and oxygen atoms in total. The molecule has 0 atom stereocenters. The first-order chi connectivity index (χ1) is 11.2. The van der Waals surface area contributed by atoms with Crippen LogP contribution in [0, 0.1) is 0 Å². The molecule has 3 aromatic heterocycles. The molecule has 3 heterocycles. The quantitative estimate of drug-likeness (QED) is 0.742. The second kappa shape index (κ2) is 6.27. The molecule has 0 bridgehead atoms. The van der Waals surface area contributed by atoms with E-state index in [1.807, 2.05) is 0 Å². The van der Waals surface area contributed by atoms with E-state index in [4.69, 9.17) is 4.74 Å². The first kappa shape index (κ1) is 14.7. The molecular weight excluding hydrogens is 296 g/mol. The average molecular weight is 310 g/mol. The lowest BCUT2D eigenvalue weighted by molar-refractivity contribution is 0.0519. The van der Waals surface area contributed by atoms with Crippen molar-refractivity contribution in [2.75, 3.05) is 6.61 Å². The molecule has 0 amide bonds. The summed E-state index contributed by atoms with van der Waals surface area (Å²) in [7, 11) is 0. The van der Waals surface area contributed by atoms with E-state index < -0.39 is 5.97 Å². The molecule has 0 aliphatic heterocycles. The van der Waals surface area contributed by atoms with Crippen molar-refractivity contribution >= 4 is 5.97 Å². The maximum absolute atomic E-state index is 12.5. The Kier molecular flexibility index (Phi) is 4.01. The molecule has 116 valence electrons. The van der Waals surface area contributed by atoms with E-state index in [1.165, 1.54) is 16.9 Å². The Morgan fingerprint density at radius 3 is 2.78 bits per heavy atom. The zero-order valence-electron chi connectivity index (χ0n) is 12.4. The largest absolute Gasteiger partial charge is 0.461 e. The lowest BCUT2D eigenvalue weighted by Gasteiger charge is -2.01. The number of ether oxygens (including phenoxy) is 1. The molecule has 7 heteroatoms. The van der Waals surface area contributed by atoms with Gasteiger partial charge in [-0.1, -0.05) is 12.1 Å². The number of H-pyrrole nitrogens is 1. The summed E-state index contributed by atoms with van der Waals surface area (Å²) in [6, 6.07) is 8.49. The molecule has 1 N–H and O–H groups in total. The molecule has 0 fully saturated rings. The van der Waals surface area contributed by atoms with E-state index in [0.717, 1.165) is 0 Å². The SMILES string of the molecule is CCOC(=O)c1ccc(-c2c[nH]n(-c3ccccn3)c2=O)cn1. The minimum atomic E-state index is -0.487. The van der Waals surface area contributed by atoms with E-state index in [-0.39, 0.29) is 17.9 Å². The van der Waals surface area contributed by atoms with Crippen molar-refractivity contribution in [2.45, 2.75) is 6.92 Å². The van der Waals surface area contributed by atoms with Gasteiger partial charge in [0.15, 0.2) is 5.82 Å². The van der Waals surface area contributed by atoms with Crippen LogP contribution in [0.5, 0.6) is 0 Å². The molecular formula is C16H14N4O3. The van der Waals surface area contributed by atoms with Crippen molar-refractivity contribution < 1.29 is 9.53 Å². The van der Waals surface area contributed by atoms with E-state index in [2.05, 4.69) is 15.1 Å². The molecule has 3 rings (SSSR count). The standard InChI is InChI=1S/C16H14N4O3/c1-2-23-16(22)13-7-6-11(9-18-13)12-10-19-20(15(12)21)14-5-3-4-8-17-14/h3-10,19H,2H2,1H3. The Balaban J connectivity index is 1.93. The predicted molar refractivity (Wildman–Crippen MR) is 83.4 cm³/mol. The Hall–Kier alpha value is -3.22. The normalized spacial score (nSPS) is 10.5. The van der Waals surface area contributed by atoms with Crippen LogP contribution in [0.15, 0.2) is 53.7 Å². The topological polar surface area (TPSA) is 89.9 Å². The van der Waals surface area contributed by atoms with Crippen LogP contribution in [0.1, 0.15) is 17.4 Å². The van der Waals surface area contributed by atoms with Crippen molar-refractivity contribution in [3.8, 4) is 16.9 Å². The second-order valence-electron chi connectivity index (χ2n) is 4.67. The van der Waals surface area contributed by atoms with Crippen LogP contribution in [0.25, 0.3) is 16.9 Å². The Labute approximate surface area is 131 Å². The van der Waals surface area contributed by atoms with Gasteiger partial charge in [-0.05, 0) is 25.1 Å². The van der Waals surface area contributed by atoms with E-state index in [9.17, 15) is 9.59 Å². The van der Waals surface area contributed by atoms with Crippen molar-refractivity contribution in [2.24, 2.45) is 0 Å². The zero-order valence-corrected chi connectivity index (χ0v) is 12.4. The zero-order chi connectivity index (χ0) is 16.2. The van der Waals surface area contributed by atoms with Gasteiger partial charge in [0.25, 0.3) is 5.56 Å². The highest BCUT2D eigenvalue weighted by atomic mass is 16.5. The van der Waals surface area contributed by atoms with E-state index >= 15 is 0 Å². The number of nitrogens with one attached hydrogen (secondary N) is 1. The van der Waals surface area contributed by atoms with Crippen LogP contribution < -0.4 is 5.56 Å². The summed E-state index contributed by atoms with van der Waals surface area (Å²) in [6.07, 6.45) is 4.66. The first-order valence-corrected chi connectivity index (χ1v) is 7.06. The number of carbonyl (C=O) groups excluding carboxylic acids is 1. The molecule has 0 aliphatic carbocycles. The van der Waals surface area contributed by atoms with Crippen LogP contribution in [-0.4, -0.2) is 32.3 Å². The molecule has 0 saturated heterocycles. The van der Waals surface area contributed by atoms with E-state index in [1.54, 1.807) is 43.6 Å². The van der Waals surface area contributed by atoms with Gasteiger partial charge in [0.05, 0.1) is 12.2 Å². The third-order valence-corrected chi connectivity index (χ3v) is 3.21. The smallest absolute Gasteiger partial charge is 0.356 e. The molecule has 0 aromatic carbocycles. The summed E-state index contributed by atoms with van der Waals surface area (Å²) in [5, 5.41) is 2.87. The molecule has 3 aromatic rings. The van der Waals surface area contributed by atoms with Gasteiger partial charge >= 0.3 is 5.97 Å². The number of hydrogen-bond acceptors (Lipinski definition) is 5.